The number of rotatable bonds is 2. The van der Waals surface area contributed by atoms with Crippen LogP contribution in [0.1, 0.15) is 17.3 Å². The highest BCUT2D eigenvalue weighted by molar-refractivity contribution is 9.10. The number of nitrogens with two attached hydrogens (primary N) is 1. The maximum atomic E-state index is 11.2. The molecule has 0 fully saturated rings. The summed E-state index contributed by atoms with van der Waals surface area (Å²) in [5.74, 6) is -0.393. The number of halogens is 1. The fourth-order valence-corrected chi connectivity index (χ4v) is 1.68. The van der Waals surface area contributed by atoms with Crippen molar-refractivity contribution in [2.75, 3.05) is 5.73 Å². The van der Waals surface area contributed by atoms with E-state index in [1.54, 1.807) is 0 Å². The Bertz CT molecular complexity index is 417. The van der Waals surface area contributed by atoms with E-state index in [-0.39, 0.29) is 15.7 Å². The van der Waals surface area contributed by atoms with E-state index in [1.165, 1.54) is 19.1 Å². The van der Waals surface area contributed by atoms with Crippen LogP contribution in [0.25, 0.3) is 0 Å². The molecule has 1 aromatic rings. The van der Waals surface area contributed by atoms with E-state index in [9.17, 15) is 14.9 Å². The SMILES string of the molecule is CC(=O)c1c([N+](=O)[O-])ccc(N)c1Br. The lowest BCUT2D eigenvalue weighted by atomic mass is 10.1. The van der Waals surface area contributed by atoms with Gasteiger partial charge in [0.05, 0.1) is 9.40 Å². The van der Waals surface area contributed by atoms with E-state index in [0.717, 1.165) is 0 Å². The van der Waals surface area contributed by atoms with Crippen molar-refractivity contribution < 1.29 is 9.72 Å². The summed E-state index contributed by atoms with van der Waals surface area (Å²) in [6.07, 6.45) is 0. The van der Waals surface area contributed by atoms with Gasteiger partial charge < -0.3 is 5.73 Å². The van der Waals surface area contributed by atoms with Crippen molar-refractivity contribution in [1.29, 1.82) is 0 Å². The molecule has 0 aliphatic heterocycles. The number of benzene rings is 1. The van der Waals surface area contributed by atoms with Crippen molar-refractivity contribution in [2.45, 2.75) is 6.92 Å². The highest BCUT2D eigenvalue weighted by Gasteiger charge is 2.21. The van der Waals surface area contributed by atoms with E-state index in [0.29, 0.717) is 5.69 Å². The highest BCUT2D eigenvalue weighted by Crippen LogP contribution is 2.31. The lowest BCUT2D eigenvalue weighted by Crippen LogP contribution is -2.03. The zero-order valence-electron chi connectivity index (χ0n) is 7.28. The molecule has 0 heterocycles. The summed E-state index contributed by atoms with van der Waals surface area (Å²) in [5.41, 5.74) is 5.58. The number of hydrogen-bond acceptors (Lipinski definition) is 4. The normalized spacial score (nSPS) is 9.86. The molecule has 0 atom stereocenters. The molecule has 0 spiro atoms. The van der Waals surface area contributed by atoms with Crippen LogP contribution >= 0.6 is 15.9 Å². The average Bonchev–Trinajstić information content (AvgIpc) is 2.08. The van der Waals surface area contributed by atoms with Crippen molar-refractivity contribution in [3.63, 3.8) is 0 Å². The molecular formula is C8H7BrN2O3. The van der Waals surface area contributed by atoms with Gasteiger partial charge in [-0.2, -0.15) is 0 Å². The second-order valence-electron chi connectivity index (χ2n) is 2.68. The van der Waals surface area contributed by atoms with Crippen molar-refractivity contribution in [3.05, 3.63) is 32.3 Å². The minimum absolute atomic E-state index is 0.00926. The van der Waals surface area contributed by atoms with Gasteiger partial charge in [-0.15, -0.1) is 0 Å². The number of nitro benzene ring substituents is 1. The molecule has 0 radical (unpaired) electrons. The molecule has 74 valence electrons. The predicted octanol–water partition coefficient (Wildman–Crippen LogP) is 2.14. The van der Waals surface area contributed by atoms with Gasteiger partial charge in [-0.05, 0) is 28.9 Å². The number of anilines is 1. The number of carbonyl (C=O) groups is 1. The zero-order chi connectivity index (χ0) is 10.9. The van der Waals surface area contributed by atoms with Crippen LogP contribution in [0, 0.1) is 10.1 Å². The van der Waals surface area contributed by atoms with E-state index in [1.807, 2.05) is 0 Å². The van der Waals surface area contributed by atoms with Gasteiger partial charge in [-0.25, -0.2) is 0 Å². The minimum Gasteiger partial charge on any atom is -0.398 e. The summed E-state index contributed by atoms with van der Waals surface area (Å²) in [6, 6.07) is 2.60. The summed E-state index contributed by atoms with van der Waals surface area (Å²) in [7, 11) is 0. The molecule has 0 aliphatic rings. The molecule has 5 nitrogen and oxygen atoms in total. The van der Waals surface area contributed by atoms with Gasteiger partial charge in [-0.1, -0.05) is 0 Å². The van der Waals surface area contributed by atoms with Crippen molar-refractivity contribution in [2.24, 2.45) is 0 Å². The highest BCUT2D eigenvalue weighted by atomic mass is 79.9. The molecule has 0 aliphatic carbocycles. The number of nitro groups is 1. The minimum atomic E-state index is -0.610. The van der Waals surface area contributed by atoms with E-state index < -0.39 is 10.7 Å². The molecule has 1 aromatic carbocycles. The van der Waals surface area contributed by atoms with Gasteiger partial charge in [0.1, 0.15) is 5.56 Å². The third kappa shape index (κ3) is 1.74. The molecule has 6 heteroatoms. The first-order chi connectivity index (χ1) is 6.45. The molecule has 2 N–H and O–H groups in total. The van der Waals surface area contributed by atoms with Gasteiger partial charge in [-0.3, -0.25) is 14.9 Å². The van der Waals surface area contributed by atoms with Crippen LogP contribution in [0.2, 0.25) is 0 Å². The summed E-state index contributed by atoms with van der Waals surface area (Å²) in [6.45, 7) is 1.26. The van der Waals surface area contributed by atoms with Gasteiger partial charge in [0.15, 0.2) is 5.78 Å². The maximum absolute atomic E-state index is 11.2. The van der Waals surface area contributed by atoms with Crippen LogP contribution in [0.3, 0.4) is 0 Å². The summed E-state index contributed by atoms with van der Waals surface area (Å²) < 4.78 is 0.277. The summed E-state index contributed by atoms with van der Waals surface area (Å²) in [5, 5.41) is 10.6. The Balaban J connectivity index is 3.53. The molecule has 0 saturated heterocycles. The van der Waals surface area contributed by atoms with Crippen LogP contribution in [0.5, 0.6) is 0 Å². The Labute approximate surface area is 88.2 Å². The Hall–Kier alpha value is -1.43. The Morgan fingerprint density at radius 2 is 2.14 bits per heavy atom. The third-order valence-corrected chi connectivity index (χ3v) is 2.55. The summed E-state index contributed by atoms with van der Waals surface area (Å²) in [4.78, 5) is 21.1. The number of nitrogens with zero attached hydrogens (tertiary/aromatic N) is 1. The quantitative estimate of drug-likeness (QED) is 0.381. The van der Waals surface area contributed by atoms with E-state index in [2.05, 4.69) is 15.9 Å². The third-order valence-electron chi connectivity index (χ3n) is 1.70. The number of hydrogen-bond donors (Lipinski definition) is 1. The number of Topliss-reactive ketones (excluding diaryl/α,β-unsaturated/α-hetero) is 1. The first-order valence-electron chi connectivity index (χ1n) is 3.68. The van der Waals surface area contributed by atoms with Crippen LogP contribution < -0.4 is 5.73 Å². The smallest absolute Gasteiger partial charge is 0.281 e. The Morgan fingerprint density at radius 1 is 1.57 bits per heavy atom. The maximum Gasteiger partial charge on any atom is 0.281 e. The van der Waals surface area contributed by atoms with Crippen molar-refractivity contribution in [3.8, 4) is 0 Å². The van der Waals surface area contributed by atoms with Crippen molar-refractivity contribution in [1.82, 2.24) is 0 Å². The number of nitrogen functional groups attached to an aromatic ring is 1. The van der Waals surface area contributed by atoms with E-state index in [4.69, 9.17) is 5.73 Å². The second kappa shape index (κ2) is 3.75. The number of carbonyl (C=O) groups excluding carboxylic acids is 1. The topological polar surface area (TPSA) is 86.2 Å². The van der Waals surface area contributed by atoms with Crippen LogP contribution in [-0.4, -0.2) is 10.7 Å². The van der Waals surface area contributed by atoms with Gasteiger partial charge in [0, 0.05) is 11.8 Å². The summed E-state index contributed by atoms with van der Waals surface area (Å²) >= 11 is 3.05. The molecular weight excluding hydrogens is 252 g/mol. The van der Waals surface area contributed by atoms with Gasteiger partial charge in [0.25, 0.3) is 5.69 Å². The first-order valence-corrected chi connectivity index (χ1v) is 4.47. The first kappa shape index (κ1) is 10.6. The Morgan fingerprint density at radius 3 is 2.57 bits per heavy atom. The van der Waals surface area contributed by atoms with Crippen LogP contribution in [-0.2, 0) is 0 Å². The predicted molar refractivity (Wildman–Crippen MR) is 55.2 cm³/mol. The molecule has 1 rings (SSSR count). The average molecular weight is 259 g/mol. The molecule has 0 bridgehead atoms. The van der Waals surface area contributed by atoms with Crippen molar-refractivity contribution >= 4 is 33.1 Å². The molecule has 14 heavy (non-hydrogen) atoms. The lowest BCUT2D eigenvalue weighted by Gasteiger charge is -2.04. The molecule has 0 amide bonds. The van der Waals surface area contributed by atoms with Gasteiger partial charge in [0.2, 0.25) is 0 Å². The van der Waals surface area contributed by atoms with Crippen LogP contribution in [0.15, 0.2) is 16.6 Å². The van der Waals surface area contributed by atoms with Crippen LogP contribution in [0.4, 0.5) is 11.4 Å². The lowest BCUT2D eigenvalue weighted by molar-refractivity contribution is -0.385. The largest absolute Gasteiger partial charge is 0.398 e. The Kier molecular flexibility index (Phi) is 2.85. The molecule has 0 aromatic heterocycles. The fraction of sp³-hybridized carbons (Fsp3) is 0.125. The standard InChI is InChI=1S/C8H7BrN2O3/c1-4(12)7-6(11(13)14)3-2-5(10)8(7)9/h2-3H,10H2,1H3. The second-order valence-corrected chi connectivity index (χ2v) is 3.47. The molecule has 0 saturated carbocycles. The zero-order valence-corrected chi connectivity index (χ0v) is 8.87. The fourth-order valence-electron chi connectivity index (χ4n) is 1.07. The molecule has 0 unspecified atom stereocenters. The van der Waals surface area contributed by atoms with E-state index >= 15 is 0 Å². The van der Waals surface area contributed by atoms with Gasteiger partial charge >= 0.3 is 0 Å². The monoisotopic (exact) mass is 258 g/mol. The number of ketones is 1.